The first-order valence-electron chi connectivity index (χ1n) is 23.2. The Kier molecular flexibility index (Phi) is 15.3. The molecule has 0 aromatic carbocycles. The van der Waals surface area contributed by atoms with E-state index < -0.39 is 90.8 Å². The molecule has 62 heavy (non-hydrogen) atoms. The van der Waals surface area contributed by atoms with Crippen LogP contribution in [0.15, 0.2) is 47.1 Å². The van der Waals surface area contributed by atoms with Crippen LogP contribution in [0, 0.1) is 23.7 Å². The minimum absolute atomic E-state index is 0.00708. The molecule has 5 fully saturated rings. The molecule has 20 atom stereocenters. The number of carbonyl (C=O) groups excluding carboxylic acids is 1. The topological polar surface area (TPSA) is 170 Å². The minimum atomic E-state index is -1.82. The second-order valence-electron chi connectivity index (χ2n) is 19.4. The van der Waals surface area contributed by atoms with Gasteiger partial charge < -0.3 is 62.7 Å². The summed E-state index contributed by atoms with van der Waals surface area (Å²) in [5.41, 5.74) is 0.188. The normalized spacial score (nSPS) is 48.9. The van der Waals surface area contributed by atoms with E-state index in [1.165, 1.54) is 0 Å². The number of fused-ring (bicyclic) bond motifs is 2. The molecule has 7 aliphatic rings. The molecule has 0 saturated carbocycles. The van der Waals surface area contributed by atoms with E-state index in [-0.39, 0.29) is 30.8 Å². The number of ether oxygens (including phenoxy) is 10. The number of carbonyl (C=O) groups is 1. The van der Waals surface area contributed by atoms with Crippen LogP contribution in [0.1, 0.15) is 107 Å². The first-order valence-corrected chi connectivity index (χ1v) is 23.2. The zero-order valence-corrected chi connectivity index (χ0v) is 38.5. The van der Waals surface area contributed by atoms with E-state index >= 15 is 0 Å². The Morgan fingerprint density at radius 1 is 0.919 bits per heavy atom. The second kappa shape index (κ2) is 19.8. The molecule has 350 valence electrons. The third kappa shape index (κ3) is 9.73. The van der Waals surface area contributed by atoms with E-state index in [2.05, 4.69) is 40.7 Å². The van der Waals surface area contributed by atoms with Crippen molar-refractivity contribution in [2.45, 2.75) is 204 Å². The van der Waals surface area contributed by atoms with Gasteiger partial charge in [0.1, 0.15) is 42.0 Å². The van der Waals surface area contributed by atoms with Crippen molar-refractivity contribution in [3.63, 3.8) is 0 Å². The highest BCUT2D eigenvalue weighted by atomic mass is 16.7. The van der Waals surface area contributed by atoms with Crippen molar-refractivity contribution < 1.29 is 67.5 Å². The van der Waals surface area contributed by atoms with E-state index in [1.54, 1.807) is 40.2 Å². The van der Waals surface area contributed by atoms with Crippen molar-refractivity contribution in [1.29, 1.82) is 0 Å². The number of aliphatic hydroxyl groups excluding tert-OH is 2. The van der Waals surface area contributed by atoms with Gasteiger partial charge in [-0.05, 0) is 69.1 Å². The predicted octanol–water partition coefficient (Wildman–Crippen LogP) is 5.60. The molecule has 6 aliphatic heterocycles. The lowest BCUT2D eigenvalue weighted by molar-refractivity contribution is -0.340. The molecule has 1 aliphatic carbocycles. The van der Waals surface area contributed by atoms with Gasteiger partial charge in [0.15, 0.2) is 18.4 Å². The average Bonchev–Trinajstić information content (AvgIpc) is 3.58. The molecule has 14 heteroatoms. The molecule has 1 spiro atoms. The first kappa shape index (κ1) is 47.9. The Hall–Kier alpha value is -2.05. The first-order chi connectivity index (χ1) is 29.5. The number of methoxy groups -OCH3 is 2. The van der Waals surface area contributed by atoms with Crippen LogP contribution in [-0.4, -0.2) is 139 Å². The molecule has 0 radical (unpaired) electrons. The molecule has 0 aromatic heterocycles. The summed E-state index contributed by atoms with van der Waals surface area (Å²) < 4.78 is 63.9. The van der Waals surface area contributed by atoms with Crippen LogP contribution < -0.4 is 0 Å². The monoisotopic (exact) mass is 875 g/mol. The Labute approximate surface area is 368 Å². The average molecular weight is 875 g/mol. The third-order valence-electron chi connectivity index (χ3n) is 14.9. The summed E-state index contributed by atoms with van der Waals surface area (Å²) in [6.45, 7) is 16.3. The van der Waals surface area contributed by atoms with Gasteiger partial charge >= 0.3 is 5.97 Å². The maximum absolute atomic E-state index is 14.4. The van der Waals surface area contributed by atoms with Crippen LogP contribution in [0.5, 0.6) is 0 Å². The fourth-order valence-electron chi connectivity index (χ4n) is 11.0. The van der Waals surface area contributed by atoms with Crippen molar-refractivity contribution in [1.82, 2.24) is 0 Å². The maximum Gasteiger partial charge on any atom is 0.316 e. The summed E-state index contributed by atoms with van der Waals surface area (Å²) in [4.78, 5) is 14.4. The number of esters is 1. The number of hydrogen-bond acceptors (Lipinski definition) is 14. The lowest BCUT2D eigenvalue weighted by atomic mass is 9.71. The molecule has 0 amide bonds. The number of aliphatic hydroxyl groups is 3. The molecule has 7 rings (SSSR count). The Morgan fingerprint density at radius 3 is 2.35 bits per heavy atom. The van der Waals surface area contributed by atoms with Crippen LogP contribution in [-0.2, 0) is 52.2 Å². The summed E-state index contributed by atoms with van der Waals surface area (Å²) in [5, 5.41) is 34.2. The predicted molar refractivity (Wildman–Crippen MR) is 227 cm³/mol. The fraction of sp³-hybridized carbons (Fsp3) is 0.812. The van der Waals surface area contributed by atoms with Crippen LogP contribution in [0.3, 0.4) is 0 Å². The fourth-order valence-corrected chi connectivity index (χ4v) is 11.0. The zero-order chi connectivity index (χ0) is 44.7. The van der Waals surface area contributed by atoms with Gasteiger partial charge in [0.2, 0.25) is 0 Å². The molecule has 2 bridgehead atoms. The maximum atomic E-state index is 14.4. The molecular weight excluding hydrogens is 801 g/mol. The summed E-state index contributed by atoms with van der Waals surface area (Å²) in [5.74, 6) is -2.10. The van der Waals surface area contributed by atoms with Gasteiger partial charge in [0.25, 0.3) is 0 Å². The summed E-state index contributed by atoms with van der Waals surface area (Å²) in [6.07, 6.45) is 6.53. The third-order valence-corrected chi connectivity index (χ3v) is 14.9. The number of rotatable bonds is 8. The SMILES string of the molecule is CC[C@H](C)[C@@H]1O[C@]2(CC[C@@H]1C)C[C@H]1C[C@H](C/C=C(\C)[C@@H](O[C@H]3C[C@@H](OC)[C@H](O[C@H]4C[C@@H](OC)[C@@H](O)[C@@H](C)O4)[C@@H](C)O3)[C@H](C)C=C/C=C3\CO[C@@H]4[C@H](O)C(C)=C[C@@H](C(=O)O1)[C@@]34O)O2. The molecule has 6 heterocycles. The van der Waals surface area contributed by atoms with E-state index in [0.717, 1.165) is 18.4 Å². The van der Waals surface area contributed by atoms with Crippen molar-refractivity contribution >= 4 is 5.97 Å². The van der Waals surface area contributed by atoms with Crippen LogP contribution >= 0.6 is 0 Å². The second-order valence-corrected chi connectivity index (χ2v) is 19.4. The van der Waals surface area contributed by atoms with Crippen molar-refractivity contribution in [3.8, 4) is 0 Å². The van der Waals surface area contributed by atoms with Crippen molar-refractivity contribution in [2.75, 3.05) is 20.8 Å². The largest absolute Gasteiger partial charge is 0.462 e. The van der Waals surface area contributed by atoms with Gasteiger partial charge in [-0.2, -0.15) is 0 Å². The molecular formula is C48H74O14. The van der Waals surface area contributed by atoms with Crippen LogP contribution in [0.2, 0.25) is 0 Å². The van der Waals surface area contributed by atoms with Gasteiger partial charge in [0.05, 0.1) is 49.3 Å². The lowest BCUT2D eigenvalue weighted by Gasteiger charge is -2.51. The number of hydrogen-bond donors (Lipinski definition) is 3. The van der Waals surface area contributed by atoms with Gasteiger partial charge in [-0.1, -0.05) is 64.5 Å². The molecule has 0 unspecified atom stereocenters. The highest BCUT2D eigenvalue weighted by Gasteiger charge is 2.60. The minimum Gasteiger partial charge on any atom is -0.462 e. The van der Waals surface area contributed by atoms with Crippen molar-refractivity contribution in [2.24, 2.45) is 23.7 Å². The van der Waals surface area contributed by atoms with Gasteiger partial charge in [-0.3, -0.25) is 4.79 Å². The van der Waals surface area contributed by atoms with Gasteiger partial charge in [0, 0.05) is 52.2 Å². The molecule has 3 N–H and O–H groups in total. The van der Waals surface area contributed by atoms with Crippen LogP contribution in [0.25, 0.3) is 0 Å². The standard InChI is InChI=1S/C48H74O14/c1-11-25(2)43-28(5)17-18-47(62-43)23-34-20-33(61-47)16-15-27(4)42(26(3)13-12-14-32-24-55-45-40(49)29(6)19-35(46(51)58-34)48(32,45)52)59-39-22-37(54-10)44(31(8)57-39)60-38-21-36(53-9)41(50)30(7)56-38/h12-15,19,25-26,28,30-31,33-45,49-50,52H,11,16-18,20-24H2,1-10H3/b13-12?,27-15+,32-14+/t25-,26+,28-,30+,31+,33-,34+,35-,36+,37+,38-,39-,40+,41-,42-,43-,44+,45+,47+,48-/m0/s1. The summed E-state index contributed by atoms with van der Waals surface area (Å²) >= 11 is 0. The van der Waals surface area contributed by atoms with E-state index in [9.17, 15) is 20.1 Å². The highest BCUT2D eigenvalue weighted by molar-refractivity contribution is 5.78. The summed E-state index contributed by atoms with van der Waals surface area (Å²) in [7, 11) is 3.23. The highest BCUT2D eigenvalue weighted by Crippen LogP contribution is 2.48. The van der Waals surface area contributed by atoms with E-state index in [0.29, 0.717) is 61.5 Å². The van der Waals surface area contributed by atoms with Gasteiger partial charge in [-0.25, -0.2) is 0 Å². The summed E-state index contributed by atoms with van der Waals surface area (Å²) in [6, 6.07) is 0. The Morgan fingerprint density at radius 2 is 1.63 bits per heavy atom. The smallest absolute Gasteiger partial charge is 0.316 e. The Balaban J connectivity index is 1.18. The number of allylic oxidation sites excluding steroid dienone is 2. The zero-order valence-electron chi connectivity index (χ0n) is 38.5. The molecule has 0 aromatic rings. The van der Waals surface area contributed by atoms with Crippen molar-refractivity contribution in [3.05, 3.63) is 47.1 Å². The molecule has 5 saturated heterocycles. The lowest BCUT2D eigenvalue weighted by Crippen LogP contribution is -2.58. The Bertz CT molecular complexity index is 1680. The van der Waals surface area contributed by atoms with Gasteiger partial charge in [-0.15, -0.1) is 0 Å². The van der Waals surface area contributed by atoms with Crippen LogP contribution in [0.4, 0.5) is 0 Å². The quantitative estimate of drug-likeness (QED) is 0.204. The van der Waals surface area contributed by atoms with E-state index in [4.69, 9.17) is 47.4 Å². The van der Waals surface area contributed by atoms with E-state index in [1.807, 2.05) is 19.1 Å². The molecule has 14 nitrogen and oxygen atoms in total.